The van der Waals surface area contributed by atoms with E-state index in [4.69, 9.17) is 4.74 Å². The zero-order valence-electron chi connectivity index (χ0n) is 17.2. The van der Waals surface area contributed by atoms with Crippen molar-refractivity contribution in [3.05, 3.63) is 30.3 Å². The number of likely N-dealkylation sites (tertiary alicyclic amines) is 1. The molecule has 1 aliphatic rings. The van der Waals surface area contributed by atoms with Gasteiger partial charge in [-0.25, -0.2) is 4.99 Å². The molecule has 0 bridgehead atoms. The van der Waals surface area contributed by atoms with E-state index in [1.807, 2.05) is 42.2 Å². The molecule has 1 fully saturated rings. The zero-order valence-corrected chi connectivity index (χ0v) is 19.5. The minimum atomic E-state index is -0.00224. The van der Waals surface area contributed by atoms with Gasteiger partial charge < -0.3 is 20.3 Å². The van der Waals surface area contributed by atoms with Crippen molar-refractivity contribution in [2.75, 3.05) is 32.7 Å². The van der Waals surface area contributed by atoms with Gasteiger partial charge in [-0.05, 0) is 45.2 Å². The van der Waals surface area contributed by atoms with Crippen molar-refractivity contribution in [2.24, 2.45) is 4.99 Å². The second-order valence-electron chi connectivity index (χ2n) is 6.93. The van der Waals surface area contributed by atoms with Crippen LogP contribution in [0.2, 0.25) is 0 Å². The van der Waals surface area contributed by atoms with E-state index in [-0.39, 0.29) is 30.1 Å². The fraction of sp³-hybridized carbons (Fsp3) is 0.619. The van der Waals surface area contributed by atoms with E-state index in [1.54, 1.807) is 0 Å². The summed E-state index contributed by atoms with van der Waals surface area (Å²) in [7, 11) is 0. The first-order chi connectivity index (χ1) is 13.2. The summed E-state index contributed by atoms with van der Waals surface area (Å²) in [6.45, 7) is 7.98. The molecule has 0 radical (unpaired) electrons. The number of halogens is 1. The van der Waals surface area contributed by atoms with Crippen LogP contribution in [0.3, 0.4) is 0 Å². The molecule has 1 aliphatic heterocycles. The average molecular weight is 502 g/mol. The van der Waals surface area contributed by atoms with E-state index in [1.165, 1.54) is 6.42 Å². The van der Waals surface area contributed by atoms with Crippen LogP contribution < -0.4 is 15.4 Å². The molecule has 1 aromatic carbocycles. The average Bonchev–Trinajstić information content (AvgIpc) is 2.88. The van der Waals surface area contributed by atoms with Gasteiger partial charge in [0, 0.05) is 32.6 Å². The van der Waals surface area contributed by atoms with Crippen LogP contribution in [0.1, 0.15) is 46.0 Å². The lowest BCUT2D eigenvalue weighted by atomic mass is 10.2. The quantitative estimate of drug-likeness (QED) is 0.235. The number of nitrogens with zero attached hydrogens (tertiary/aromatic N) is 2. The number of carbonyl (C=O) groups excluding carboxylic acids is 1. The third-order valence-corrected chi connectivity index (χ3v) is 4.50. The fourth-order valence-electron chi connectivity index (χ4n) is 3.08. The van der Waals surface area contributed by atoms with E-state index in [0.29, 0.717) is 18.9 Å². The molecular weight excluding hydrogens is 467 g/mol. The Labute approximate surface area is 186 Å². The fourth-order valence-corrected chi connectivity index (χ4v) is 3.08. The number of rotatable bonds is 9. The molecule has 1 atom stereocenters. The highest BCUT2D eigenvalue weighted by Gasteiger charge is 2.15. The Morgan fingerprint density at radius 1 is 1.21 bits per heavy atom. The van der Waals surface area contributed by atoms with Crippen molar-refractivity contribution in [1.82, 2.24) is 15.5 Å². The predicted molar refractivity (Wildman–Crippen MR) is 126 cm³/mol. The first kappa shape index (κ1) is 24.5. The zero-order chi connectivity index (χ0) is 19.3. The van der Waals surface area contributed by atoms with Crippen LogP contribution in [-0.4, -0.2) is 55.6 Å². The van der Waals surface area contributed by atoms with E-state index in [0.717, 1.165) is 57.2 Å². The molecule has 28 heavy (non-hydrogen) atoms. The van der Waals surface area contributed by atoms with Gasteiger partial charge in [0.2, 0.25) is 5.91 Å². The summed E-state index contributed by atoms with van der Waals surface area (Å²) < 4.78 is 5.86. The second kappa shape index (κ2) is 14.5. The van der Waals surface area contributed by atoms with Gasteiger partial charge >= 0.3 is 0 Å². The number of aliphatic imine (C=N–C) groups is 1. The van der Waals surface area contributed by atoms with Crippen molar-refractivity contribution in [1.29, 1.82) is 0 Å². The number of amides is 1. The number of benzene rings is 1. The minimum Gasteiger partial charge on any atom is -0.489 e. The summed E-state index contributed by atoms with van der Waals surface area (Å²) in [4.78, 5) is 18.6. The molecule has 1 aromatic rings. The molecular formula is C21H35IN4O2. The topological polar surface area (TPSA) is 66.0 Å². The highest BCUT2D eigenvalue weighted by molar-refractivity contribution is 14.0. The summed E-state index contributed by atoms with van der Waals surface area (Å²) >= 11 is 0. The second-order valence-corrected chi connectivity index (χ2v) is 6.93. The molecule has 2 rings (SSSR count). The standard InChI is InChI=1S/C21H34N4O2.HI/c1-3-22-21(24-17-18(2)27-19-11-6-4-7-12-19)23-14-10-16-25-15-9-5-8-13-20(25)26;/h4,6-7,11-12,18H,3,5,8-10,13-17H2,1-2H3,(H2,22,23,24);1H. The van der Waals surface area contributed by atoms with E-state index in [2.05, 4.69) is 22.5 Å². The molecule has 0 saturated carbocycles. The first-order valence-corrected chi connectivity index (χ1v) is 10.2. The Balaban J connectivity index is 0.00000392. The number of hydrogen-bond donors (Lipinski definition) is 2. The maximum Gasteiger partial charge on any atom is 0.222 e. The van der Waals surface area contributed by atoms with Crippen LogP contribution in [-0.2, 0) is 4.79 Å². The molecule has 2 N–H and O–H groups in total. The number of guanidine groups is 1. The van der Waals surface area contributed by atoms with Crippen molar-refractivity contribution in [2.45, 2.75) is 52.1 Å². The Morgan fingerprint density at radius 3 is 2.75 bits per heavy atom. The van der Waals surface area contributed by atoms with Crippen molar-refractivity contribution < 1.29 is 9.53 Å². The van der Waals surface area contributed by atoms with Crippen molar-refractivity contribution in [3.8, 4) is 5.75 Å². The largest absolute Gasteiger partial charge is 0.489 e. The summed E-state index contributed by atoms with van der Waals surface area (Å²) in [5.74, 6) is 1.96. The SMILES string of the molecule is CCNC(=NCC(C)Oc1ccccc1)NCCCN1CCCCCC1=O.I. The summed E-state index contributed by atoms with van der Waals surface area (Å²) in [5.41, 5.74) is 0. The molecule has 7 heteroatoms. The molecule has 1 saturated heterocycles. The minimum absolute atomic E-state index is 0. The van der Waals surface area contributed by atoms with Gasteiger partial charge in [0.05, 0.1) is 6.54 Å². The van der Waals surface area contributed by atoms with Crippen LogP contribution in [0.25, 0.3) is 0 Å². The normalized spacial score (nSPS) is 16.0. The first-order valence-electron chi connectivity index (χ1n) is 10.2. The van der Waals surface area contributed by atoms with Gasteiger partial charge in [-0.3, -0.25) is 4.79 Å². The van der Waals surface area contributed by atoms with E-state index >= 15 is 0 Å². The Bertz CT molecular complexity index is 583. The summed E-state index contributed by atoms with van der Waals surface area (Å²) in [5, 5.41) is 6.62. The number of para-hydroxylation sites is 1. The molecule has 0 spiro atoms. The number of hydrogen-bond acceptors (Lipinski definition) is 3. The Kier molecular flexibility index (Phi) is 12.7. The molecule has 158 valence electrons. The van der Waals surface area contributed by atoms with Gasteiger partial charge in [-0.1, -0.05) is 24.6 Å². The maximum atomic E-state index is 12.0. The van der Waals surface area contributed by atoms with Gasteiger partial charge in [0.1, 0.15) is 11.9 Å². The van der Waals surface area contributed by atoms with Crippen LogP contribution in [0, 0.1) is 0 Å². The molecule has 1 heterocycles. The lowest BCUT2D eigenvalue weighted by Crippen LogP contribution is -2.40. The molecule has 1 amide bonds. The van der Waals surface area contributed by atoms with Gasteiger partial charge in [-0.2, -0.15) is 0 Å². The van der Waals surface area contributed by atoms with Crippen LogP contribution in [0.4, 0.5) is 0 Å². The smallest absolute Gasteiger partial charge is 0.222 e. The van der Waals surface area contributed by atoms with Crippen LogP contribution in [0.15, 0.2) is 35.3 Å². The lowest BCUT2D eigenvalue weighted by molar-refractivity contribution is -0.130. The Morgan fingerprint density at radius 2 is 2.00 bits per heavy atom. The molecule has 1 unspecified atom stereocenters. The summed E-state index contributed by atoms with van der Waals surface area (Å²) in [6.07, 6.45) is 4.96. The highest BCUT2D eigenvalue weighted by atomic mass is 127. The van der Waals surface area contributed by atoms with Gasteiger partial charge in [0.15, 0.2) is 5.96 Å². The van der Waals surface area contributed by atoms with Crippen LogP contribution >= 0.6 is 24.0 Å². The lowest BCUT2D eigenvalue weighted by Gasteiger charge is -2.21. The van der Waals surface area contributed by atoms with Crippen molar-refractivity contribution >= 4 is 35.8 Å². The maximum absolute atomic E-state index is 12.0. The number of ether oxygens (including phenoxy) is 1. The van der Waals surface area contributed by atoms with Gasteiger partial charge in [-0.15, -0.1) is 24.0 Å². The third-order valence-electron chi connectivity index (χ3n) is 4.50. The molecule has 6 nitrogen and oxygen atoms in total. The number of nitrogens with one attached hydrogen (secondary N) is 2. The number of carbonyl (C=O) groups is 1. The molecule has 0 aromatic heterocycles. The van der Waals surface area contributed by atoms with E-state index in [9.17, 15) is 4.79 Å². The monoisotopic (exact) mass is 502 g/mol. The summed E-state index contributed by atoms with van der Waals surface area (Å²) in [6, 6.07) is 9.81. The van der Waals surface area contributed by atoms with Crippen LogP contribution in [0.5, 0.6) is 5.75 Å². The van der Waals surface area contributed by atoms with Gasteiger partial charge in [0.25, 0.3) is 0 Å². The highest BCUT2D eigenvalue weighted by Crippen LogP contribution is 2.11. The Hall–Kier alpha value is -1.51. The van der Waals surface area contributed by atoms with Crippen molar-refractivity contribution in [3.63, 3.8) is 0 Å². The third kappa shape index (κ3) is 9.61. The predicted octanol–water partition coefficient (Wildman–Crippen LogP) is 3.42. The van der Waals surface area contributed by atoms with E-state index < -0.39 is 0 Å². The molecule has 0 aliphatic carbocycles.